The number of amides is 2. The minimum absolute atomic E-state index is 0.00687. The van der Waals surface area contributed by atoms with Gasteiger partial charge >= 0.3 is 5.97 Å². The fourth-order valence-electron chi connectivity index (χ4n) is 4.70. The second kappa shape index (κ2) is 11.2. The molecule has 0 radical (unpaired) electrons. The zero-order valence-electron chi connectivity index (χ0n) is 20.7. The number of aromatic carboxylic acids is 1. The van der Waals surface area contributed by atoms with Crippen LogP contribution in [0.5, 0.6) is 5.75 Å². The molecule has 4 aromatic rings. The van der Waals surface area contributed by atoms with E-state index in [1.807, 2.05) is 24.3 Å². The molecule has 1 aliphatic heterocycles. The normalized spacial score (nSPS) is 16.8. The number of aromatic nitrogens is 1. The Morgan fingerprint density at radius 2 is 1.87 bits per heavy atom. The van der Waals surface area contributed by atoms with Crippen LogP contribution in [0.4, 0.5) is 10.1 Å². The van der Waals surface area contributed by atoms with Crippen molar-refractivity contribution in [3.63, 3.8) is 0 Å². The molecule has 8 nitrogen and oxygen atoms in total. The summed E-state index contributed by atoms with van der Waals surface area (Å²) in [7, 11) is 0. The van der Waals surface area contributed by atoms with Gasteiger partial charge < -0.3 is 25.0 Å². The van der Waals surface area contributed by atoms with Gasteiger partial charge in [-0.3, -0.25) is 9.59 Å². The third-order valence-corrected chi connectivity index (χ3v) is 7.01. The number of benzene rings is 3. The number of nitrogens with zero attached hydrogens (tertiary/aromatic N) is 1. The predicted octanol–water partition coefficient (Wildman–Crippen LogP) is 5.33. The predicted molar refractivity (Wildman–Crippen MR) is 145 cm³/mol. The molecule has 1 aliphatic rings. The van der Waals surface area contributed by atoms with Crippen LogP contribution in [0.1, 0.15) is 32.7 Å². The van der Waals surface area contributed by atoms with E-state index in [9.17, 15) is 18.8 Å². The highest BCUT2D eigenvalue weighted by Crippen LogP contribution is 2.27. The first-order valence-corrected chi connectivity index (χ1v) is 12.7. The highest BCUT2D eigenvalue weighted by molar-refractivity contribution is 6.34. The first-order chi connectivity index (χ1) is 18.8. The fourth-order valence-corrected chi connectivity index (χ4v) is 4.95. The molecule has 0 spiro atoms. The standard InChI is InChI=1S/C29H25ClFN3O5/c30-24-11-17(5-10-26(24)33-28(36)23-14-32-25-4-2-1-3-22(23)25)12-27(35)34-15-19(31)13-20(34)16-39-21-8-6-18(7-9-21)29(37)38/h1-11,14,19-20,32H,12-13,15-16H2,(H,33,36)(H,37,38). The highest BCUT2D eigenvalue weighted by atomic mass is 35.5. The maximum Gasteiger partial charge on any atom is 0.335 e. The third kappa shape index (κ3) is 5.88. The van der Waals surface area contributed by atoms with Gasteiger partial charge in [-0.05, 0) is 48.0 Å². The number of alkyl halides is 1. The van der Waals surface area contributed by atoms with E-state index in [4.69, 9.17) is 21.4 Å². The number of carbonyl (C=O) groups excluding carboxylic acids is 2. The maximum atomic E-state index is 14.3. The average Bonchev–Trinajstić information content (AvgIpc) is 3.52. The van der Waals surface area contributed by atoms with Gasteiger partial charge in [-0.2, -0.15) is 0 Å². The molecule has 5 rings (SSSR count). The second-order valence-electron chi connectivity index (χ2n) is 9.37. The van der Waals surface area contributed by atoms with Crippen LogP contribution in [0.2, 0.25) is 5.02 Å². The van der Waals surface area contributed by atoms with Gasteiger partial charge in [0.1, 0.15) is 18.5 Å². The van der Waals surface area contributed by atoms with E-state index < -0.39 is 18.2 Å². The van der Waals surface area contributed by atoms with Crippen LogP contribution in [0.3, 0.4) is 0 Å². The van der Waals surface area contributed by atoms with E-state index >= 15 is 0 Å². The third-order valence-electron chi connectivity index (χ3n) is 6.70. The molecule has 3 aromatic carbocycles. The number of hydrogen-bond acceptors (Lipinski definition) is 4. The molecule has 0 aliphatic carbocycles. The Kier molecular flexibility index (Phi) is 7.51. The van der Waals surface area contributed by atoms with Crippen molar-refractivity contribution in [1.82, 2.24) is 9.88 Å². The Hall–Kier alpha value is -4.37. The first kappa shape index (κ1) is 26.2. The van der Waals surface area contributed by atoms with E-state index in [2.05, 4.69) is 10.3 Å². The summed E-state index contributed by atoms with van der Waals surface area (Å²) in [5.74, 6) is -1.19. The van der Waals surface area contributed by atoms with Crippen LogP contribution in [0, 0.1) is 0 Å². The van der Waals surface area contributed by atoms with Gasteiger partial charge in [0.15, 0.2) is 0 Å². The van der Waals surface area contributed by atoms with Gasteiger partial charge in [-0.1, -0.05) is 35.9 Å². The van der Waals surface area contributed by atoms with Crippen molar-refractivity contribution in [2.24, 2.45) is 0 Å². The maximum absolute atomic E-state index is 14.3. The van der Waals surface area contributed by atoms with Gasteiger partial charge in [-0.15, -0.1) is 0 Å². The minimum atomic E-state index is -1.16. The van der Waals surface area contributed by atoms with E-state index in [0.29, 0.717) is 22.6 Å². The Morgan fingerprint density at radius 1 is 1.10 bits per heavy atom. The quantitative estimate of drug-likeness (QED) is 0.275. The van der Waals surface area contributed by atoms with E-state index in [1.165, 1.54) is 29.2 Å². The van der Waals surface area contributed by atoms with Crippen LogP contribution < -0.4 is 10.1 Å². The van der Waals surface area contributed by atoms with Crippen molar-refractivity contribution in [2.75, 3.05) is 18.5 Å². The number of anilines is 1. The number of nitrogens with one attached hydrogen (secondary N) is 2. The lowest BCUT2D eigenvalue weighted by atomic mass is 10.1. The van der Waals surface area contributed by atoms with Crippen LogP contribution in [0.25, 0.3) is 10.9 Å². The Labute approximate surface area is 228 Å². The summed E-state index contributed by atoms with van der Waals surface area (Å²) < 4.78 is 20.0. The zero-order valence-corrected chi connectivity index (χ0v) is 21.5. The molecule has 1 aromatic heterocycles. The Balaban J connectivity index is 1.21. The summed E-state index contributed by atoms with van der Waals surface area (Å²) in [6.45, 7) is 0.0510. The van der Waals surface area contributed by atoms with E-state index in [1.54, 1.807) is 24.4 Å². The largest absolute Gasteiger partial charge is 0.491 e. The fraction of sp³-hybridized carbons (Fsp3) is 0.207. The van der Waals surface area contributed by atoms with Crippen molar-refractivity contribution in [3.05, 3.63) is 94.6 Å². The summed E-state index contributed by atoms with van der Waals surface area (Å²) in [5.41, 5.74) is 2.50. The van der Waals surface area contributed by atoms with Crippen LogP contribution >= 0.6 is 11.6 Å². The second-order valence-corrected chi connectivity index (χ2v) is 9.77. The minimum Gasteiger partial charge on any atom is -0.491 e. The van der Waals surface area contributed by atoms with Gasteiger partial charge in [0.25, 0.3) is 5.91 Å². The number of carboxylic acid groups (broad SMARTS) is 1. The number of carbonyl (C=O) groups is 3. The molecular formula is C29H25ClFN3O5. The van der Waals surface area contributed by atoms with Crippen molar-refractivity contribution in [2.45, 2.75) is 25.1 Å². The van der Waals surface area contributed by atoms with Crippen molar-refractivity contribution in [1.29, 1.82) is 0 Å². The molecule has 1 fully saturated rings. The molecule has 0 saturated carbocycles. The summed E-state index contributed by atoms with van der Waals surface area (Å²) in [4.78, 5) is 41.5. The number of carboxylic acids is 1. The number of aromatic amines is 1. The number of rotatable bonds is 8. The van der Waals surface area contributed by atoms with Crippen molar-refractivity contribution in [3.8, 4) is 5.75 Å². The first-order valence-electron chi connectivity index (χ1n) is 12.3. The number of halogens is 2. The Bertz CT molecular complexity index is 1540. The topological polar surface area (TPSA) is 112 Å². The van der Waals surface area contributed by atoms with E-state index in [0.717, 1.165) is 10.9 Å². The van der Waals surface area contributed by atoms with Gasteiger partial charge in [0.05, 0.1) is 40.8 Å². The molecule has 3 N–H and O–H groups in total. The van der Waals surface area contributed by atoms with Gasteiger partial charge in [0, 0.05) is 23.5 Å². The zero-order chi connectivity index (χ0) is 27.5. The summed E-state index contributed by atoms with van der Waals surface area (Å²) in [5, 5.41) is 12.9. The van der Waals surface area contributed by atoms with Crippen molar-refractivity contribution < 1.29 is 28.6 Å². The number of H-pyrrole nitrogens is 1. The summed E-state index contributed by atoms with van der Waals surface area (Å²) in [6.07, 6.45) is 0.633. The monoisotopic (exact) mass is 549 g/mol. The van der Waals surface area contributed by atoms with Gasteiger partial charge in [0.2, 0.25) is 5.91 Å². The molecule has 2 atom stereocenters. The molecule has 200 valence electrons. The summed E-state index contributed by atoms with van der Waals surface area (Å²) >= 11 is 6.43. The number of para-hydroxylation sites is 1. The molecule has 2 heterocycles. The van der Waals surface area contributed by atoms with Crippen LogP contribution in [0.15, 0.2) is 72.9 Å². The van der Waals surface area contributed by atoms with Crippen molar-refractivity contribution >= 4 is 46.0 Å². The van der Waals surface area contributed by atoms with Crippen LogP contribution in [-0.2, 0) is 11.2 Å². The van der Waals surface area contributed by atoms with Crippen LogP contribution in [-0.4, -0.2) is 58.1 Å². The molecule has 1 saturated heterocycles. The van der Waals surface area contributed by atoms with Gasteiger partial charge in [-0.25, -0.2) is 9.18 Å². The summed E-state index contributed by atoms with van der Waals surface area (Å²) in [6, 6.07) is 17.9. The molecule has 39 heavy (non-hydrogen) atoms. The molecular weight excluding hydrogens is 525 g/mol. The number of fused-ring (bicyclic) bond motifs is 1. The molecule has 2 unspecified atom stereocenters. The smallest absolute Gasteiger partial charge is 0.335 e. The SMILES string of the molecule is O=C(O)c1ccc(OCC2CC(F)CN2C(=O)Cc2ccc(NC(=O)c3c[nH]c4ccccc34)c(Cl)c2)cc1. The highest BCUT2D eigenvalue weighted by Gasteiger charge is 2.35. The lowest BCUT2D eigenvalue weighted by Crippen LogP contribution is -2.40. The molecule has 10 heteroatoms. The van der Waals surface area contributed by atoms with E-state index in [-0.39, 0.29) is 48.4 Å². The lowest BCUT2D eigenvalue weighted by Gasteiger charge is -2.24. The molecule has 2 amide bonds. The number of hydrogen-bond donors (Lipinski definition) is 3. The Morgan fingerprint density at radius 3 is 2.62 bits per heavy atom. The number of likely N-dealkylation sites (tertiary alicyclic amines) is 1. The lowest BCUT2D eigenvalue weighted by molar-refractivity contribution is -0.132. The average molecular weight is 550 g/mol. The molecule has 0 bridgehead atoms. The number of ether oxygens (including phenoxy) is 1.